The molecule has 15 heavy (non-hydrogen) atoms. The molecule has 1 atom stereocenters. The minimum atomic E-state index is 0.0663. The molecule has 0 saturated heterocycles. The number of hydrogen-bond acceptors (Lipinski definition) is 3. The molecule has 0 aliphatic heterocycles. The zero-order valence-electron chi connectivity index (χ0n) is 10.0. The van der Waals surface area contributed by atoms with Crippen LogP contribution in [-0.4, -0.2) is 11.1 Å². The summed E-state index contributed by atoms with van der Waals surface area (Å²) in [5, 5.41) is 1.68. The van der Waals surface area contributed by atoms with Crippen molar-refractivity contribution in [3.05, 3.63) is 24.6 Å². The second-order valence-corrected chi connectivity index (χ2v) is 5.40. The van der Waals surface area contributed by atoms with E-state index in [4.69, 9.17) is 11.6 Å². The van der Waals surface area contributed by atoms with Gasteiger partial charge in [-0.05, 0) is 18.3 Å². The van der Waals surface area contributed by atoms with Crippen LogP contribution < -0.4 is 11.6 Å². The SMILES string of the molecule is C=CC(N(N)/C=C(\N)C1CC1)C(C)(C)C. The first-order valence-electron chi connectivity index (χ1n) is 5.49. The van der Waals surface area contributed by atoms with E-state index in [2.05, 4.69) is 27.4 Å². The van der Waals surface area contributed by atoms with E-state index in [9.17, 15) is 0 Å². The molecule has 1 aliphatic rings. The number of hydrogen-bond donors (Lipinski definition) is 2. The summed E-state index contributed by atoms with van der Waals surface area (Å²) in [5.74, 6) is 6.54. The standard InChI is InChI=1S/C12H23N3/c1-5-11(12(2,3)4)15(14)8-10(13)9-6-7-9/h5,8-9,11H,1,6-7,13-14H2,2-4H3/b10-8-. The predicted molar refractivity (Wildman–Crippen MR) is 64.5 cm³/mol. The molecule has 1 fully saturated rings. The van der Waals surface area contributed by atoms with Gasteiger partial charge in [0.15, 0.2) is 0 Å². The molecule has 1 unspecified atom stereocenters. The second-order valence-electron chi connectivity index (χ2n) is 5.40. The van der Waals surface area contributed by atoms with Crippen LogP contribution in [0.4, 0.5) is 0 Å². The normalized spacial score (nSPS) is 19.9. The Labute approximate surface area is 92.8 Å². The fraction of sp³-hybridized carbons (Fsp3) is 0.667. The van der Waals surface area contributed by atoms with Gasteiger partial charge < -0.3 is 10.7 Å². The van der Waals surface area contributed by atoms with Crippen molar-refractivity contribution in [3.8, 4) is 0 Å². The maximum absolute atomic E-state index is 5.99. The van der Waals surface area contributed by atoms with Gasteiger partial charge in [0.05, 0.1) is 6.04 Å². The molecule has 0 bridgehead atoms. The Morgan fingerprint density at radius 1 is 1.47 bits per heavy atom. The quantitative estimate of drug-likeness (QED) is 0.423. The van der Waals surface area contributed by atoms with Crippen LogP contribution in [0.2, 0.25) is 0 Å². The lowest BCUT2D eigenvalue weighted by Gasteiger charge is -2.34. The van der Waals surface area contributed by atoms with Crippen molar-refractivity contribution in [2.24, 2.45) is 22.9 Å². The van der Waals surface area contributed by atoms with Gasteiger partial charge in [0.1, 0.15) is 0 Å². The molecule has 3 nitrogen and oxygen atoms in total. The number of nitrogens with two attached hydrogens (primary N) is 2. The molecular formula is C12H23N3. The molecule has 4 N–H and O–H groups in total. The summed E-state index contributed by atoms with van der Waals surface area (Å²) in [6.07, 6.45) is 6.13. The van der Waals surface area contributed by atoms with Crippen molar-refractivity contribution in [1.29, 1.82) is 0 Å². The molecule has 1 aliphatic carbocycles. The molecule has 86 valence electrons. The van der Waals surface area contributed by atoms with Crippen molar-refractivity contribution >= 4 is 0 Å². The average Bonchev–Trinajstić information content (AvgIpc) is 2.83. The van der Waals surface area contributed by atoms with Crippen molar-refractivity contribution in [3.63, 3.8) is 0 Å². The molecule has 0 aromatic carbocycles. The van der Waals surface area contributed by atoms with Gasteiger partial charge in [-0.15, -0.1) is 6.58 Å². The lowest BCUT2D eigenvalue weighted by atomic mass is 9.86. The first-order chi connectivity index (χ1) is 6.86. The van der Waals surface area contributed by atoms with E-state index in [0.717, 1.165) is 5.70 Å². The molecule has 3 heteroatoms. The van der Waals surface area contributed by atoms with Crippen LogP contribution in [0.15, 0.2) is 24.6 Å². The van der Waals surface area contributed by atoms with Gasteiger partial charge in [-0.2, -0.15) is 0 Å². The smallest absolute Gasteiger partial charge is 0.0672 e. The lowest BCUT2D eigenvalue weighted by Crippen LogP contribution is -2.44. The molecule has 0 aromatic rings. The summed E-state index contributed by atoms with van der Waals surface area (Å²) < 4.78 is 0. The van der Waals surface area contributed by atoms with E-state index in [0.29, 0.717) is 5.92 Å². The van der Waals surface area contributed by atoms with Gasteiger partial charge in [0.25, 0.3) is 0 Å². The minimum Gasteiger partial charge on any atom is -0.401 e. The molecule has 0 spiro atoms. The summed E-state index contributed by atoms with van der Waals surface area (Å²) in [6.45, 7) is 10.2. The summed E-state index contributed by atoms with van der Waals surface area (Å²) in [7, 11) is 0. The molecule has 1 rings (SSSR count). The van der Waals surface area contributed by atoms with Crippen LogP contribution in [0, 0.1) is 11.3 Å². The lowest BCUT2D eigenvalue weighted by molar-refractivity contribution is 0.188. The highest BCUT2D eigenvalue weighted by molar-refractivity contribution is 5.09. The van der Waals surface area contributed by atoms with Crippen molar-refractivity contribution in [2.45, 2.75) is 39.7 Å². The maximum Gasteiger partial charge on any atom is 0.0672 e. The molecule has 0 amide bonds. The highest BCUT2D eigenvalue weighted by Gasteiger charge is 2.28. The Morgan fingerprint density at radius 2 is 2.00 bits per heavy atom. The topological polar surface area (TPSA) is 55.3 Å². The maximum atomic E-state index is 5.99. The van der Waals surface area contributed by atoms with Gasteiger partial charge >= 0.3 is 0 Å². The Balaban J connectivity index is 2.68. The molecule has 0 aromatic heterocycles. The van der Waals surface area contributed by atoms with E-state index < -0.39 is 0 Å². The minimum absolute atomic E-state index is 0.0663. The molecule has 1 saturated carbocycles. The average molecular weight is 209 g/mol. The van der Waals surface area contributed by atoms with E-state index in [1.807, 2.05) is 12.3 Å². The fourth-order valence-corrected chi connectivity index (χ4v) is 1.70. The fourth-order valence-electron chi connectivity index (χ4n) is 1.70. The van der Waals surface area contributed by atoms with Crippen LogP contribution in [-0.2, 0) is 0 Å². The van der Waals surface area contributed by atoms with E-state index in [1.165, 1.54) is 12.8 Å². The van der Waals surface area contributed by atoms with E-state index >= 15 is 0 Å². The Kier molecular flexibility index (Phi) is 3.45. The zero-order valence-corrected chi connectivity index (χ0v) is 10.0. The monoisotopic (exact) mass is 209 g/mol. The number of hydrazine groups is 1. The number of allylic oxidation sites excluding steroid dienone is 1. The van der Waals surface area contributed by atoms with Gasteiger partial charge in [0, 0.05) is 17.8 Å². The highest BCUT2D eigenvalue weighted by Crippen LogP contribution is 2.34. The largest absolute Gasteiger partial charge is 0.401 e. The third kappa shape index (κ3) is 3.27. The second kappa shape index (κ2) is 4.27. The van der Waals surface area contributed by atoms with Gasteiger partial charge in [-0.1, -0.05) is 26.8 Å². The predicted octanol–water partition coefficient (Wildman–Crippen LogP) is 1.97. The summed E-state index contributed by atoms with van der Waals surface area (Å²) >= 11 is 0. The van der Waals surface area contributed by atoms with E-state index in [-0.39, 0.29) is 11.5 Å². The Bertz CT molecular complexity index is 259. The Hall–Kier alpha value is -0.960. The van der Waals surface area contributed by atoms with Crippen molar-refractivity contribution < 1.29 is 0 Å². The van der Waals surface area contributed by atoms with Crippen LogP contribution in [0.1, 0.15) is 33.6 Å². The van der Waals surface area contributed by atoms with Crippen LogP contribution in [0.25, 0.3) is 0 Å². The van der Waals surface area contributed by atoms with Gasteiger partial charge in [0.2, 0.25) is 0 Å². The van der Waals surface area contributed by atoms with Crippen molar-refractivity contribution in [2.75, 3.05) is 0 Å². The zero-order chi connectivity index (χ0) is 11.6. The first kappa shape index (κ1) is 12.1. The summed E-state index contributed by atoms with van der Waals surface area (Å²) in [6, 6.07) is 0.106. The van der Waals surface area contributed by atoms with Crippen LogP contribution in [0.3, 0.4) is 0 Å². The Morgan fingerprint density at radius 3 is 2.33 bits per heavy atom. The third-order valence-electron chi connectivity index (χ3n) is 2.78. The summed E-state index contributed by atoms with van der Waals surface area (Å²) in [4.78, 5) is 0. The number of rotatable bonds is 4. The van der Waals surface area contributed by atoms with Gasteiger partial charge in [-0.3, -0.25) is 0 Å². The molecular weight excluding hydrogens is 186 g/mol. The van der Waals surface area contributed by atoms with Crippen LogP contribution in [0.5, 0.6) is 0 Å². The number of nitrogens with zero attached hydrogens (tertiary/aromatic N) is 1. The van der Waals surface area contributed by atoms with Crippen molar-refractivity contribution in [1.82, 2.24) is 5.01 Å². The van der Waals surface area contributed by atoms with Crippen LogP contribution >= 0.6 is 0 Å². The summed E-state index contributed by atoms with van der Waals surface area (Å²) in [5.41, 5.74) is 6.88. The van der Waals surface area contributed by atoms with Gasteiger partial charge in [-0.25, -0.2) is 5.84 Å². The van der Waals surface area contributed by atoms with E-state index in [1.54, 1.807) is 5.01 Å². The highest BCUT2D eigenvalue weighted by atomic mass is 15.4. The molecule has 0 heterocycles. The third-order valence-corrected chi connectivity index (χ3v) is 2.78. The molecule has 0 radical (unpaired) electrons. The first-order valence-corrected chi connectivity index (χ1v) is 5.49.